The van der Waals surface area contributed by atoms with E-state index in [9.17, 15) is 26.4 Å². The third-order valence-electron chi connectivity index (χ3n) is 3.12. The Kier molecular flexibility index (Phi) is 4.71. The number of nitrogens with zero attached hydrogens (tertiary/aromatic N) is 1. The van der Waals surface area contributed by atoms with Crippen LogP contribution in [0.5, 0.6) is 0 Å². The lowest BCUT2D eigenvalue weighted by Gasteiger charge is -2.14. The minimum atomic E-state index is -4.77. The molecule has 130 valence electrons. The lowest BCUT2D eigenvalue weighted by molar-refractivity contribution is -0.137. The number of aromatic carboxylic acids is 1. The zero-order valence-electron chi connectivity index (χ0n) is 12.2. The highest BCUT2D eigenvalue weighted by Crippen LogP contribution is 2.33. The Morgan fingerprint density at radius 3 is 2.20 bits per heavy atom. The third kappa shape index (κ3) is 4.07. The molecule has 2 N–H and O–H groups in total. The standard InChI is InChI=1S/C15H9F3N2O4S/c16-15(17,18)10-3-6-12(14(21)22)13(7-10)20-25(23,24)11-4-1-9(8-19)2-5-11/h1-7,20H,(H,21,22). The van der Waals surface area contributed by atoms with Gasteiger partial charge >= 0.3 is 12.1 Å². The fourth-order valence-electron chi connectivity index (χ4n) is 1.90. The number of benzene rings is 2. The van der Waals surface area contributed by atoms with Gasteiger partial charge in [-0.15, -0.1) is 0 Å². The molecule has 2 aromatic rings. The van der Waals surface area contributed by atoms with Crippen LogP contribution in [0, 0.1) is 11.3 Å². The summed E-state index contributed by atoms with van der Waals surface area (Å²) < 4.78 is 64.7. The number of nitriles is 1. The van der Waals surface area contributed by atoms with Gasteiger partial charge in [-0.2, -0.15) is 18.4 Å². The molecule has 0 aromatic heterocycles. The molecule has 2 aromatic carbocycles. The third-order valence-corrected chi connectivity index (χ3v) is 4.50. The fraction of sp³-hybridized carbons (Fsp3) is 0.0667. The van der Waals surface area contributed by atoms with Gasteiger partial charge in [-0.1, -0.05) is 0 Å². The summed E-state index contributed by atoms with van der Waals surface area (Å²) in [5.74, 6) is -1.59. The molecule has 0 fully saturated rings. The van der Waals surface area contributed by atoms with Crippen molar-refractivity contribution in [2.24, 2.45) is 0 Å². The predicted molar refractivity (Wildman–Crippen MR) is 80.4 cm³/mol. The molecule has 0 bridgehead atoms. The second-order valence-corrected chi connectivity index (χ2v) is 6.49. The molecule has 25 heavy (non-hydrogen) atoms. The van der Waals surface area contributed by atoms with Gasteiger partial charge in [0.15, 0.2) is 0 Å². The first-order valence-corrected chi connectivity index (χ1v) is 8.00. The van der Waals surface area contributed by atoms with Gasteiger partial charge in [0.2, 0.25) is 0 Å². The van der Waals surface area contributed by atoms with Crippen molar-refractivity contribution < 1.29 is 31.5 Å². The van der Waals surface area contributed by atoms with Gasteiger partial charge in [0.25, 0.3) is 10.0 Å². The van der Waals surface area contributed by atoms with E-state index in [1.807, 2.05) is 4.72 Å². The summed E-state index contributed by atoms with van der Waals surface area (Å²) in [6.07, 6.45) is -4.77. The number of carboxylic acids is 1. The highest BCUT2D eigenvalue weighted by molar-refractivity contribution is 7.92. The Bertz CT molecular complexity index is 962. The molecule has 0 saturated heterocycles. The van der Waals surface area contributed by atoms with E-state index in [1.54, 1.807) is 6.07 Å². The molecular weight excluding hydrogens is 361 g/mol. The van der Waals surface area contributed by atoms with Crippen LogP contribution in [0.3, 0.4) is 0 Å². The zero-order chi connectivity index (χ0) is 18.8. The summed E-state index contributed by atoms with van der Waals surface area (Å²) in [5.41, 5.74) is -2.36. The second-order valence-electron chi connectivity index (χ2n) is 4.80. The van der Waals surface area contributed by atoms with E-state index in [-0.39, 0.29) is 10.5 Å². The van der Waals surface area contributed by atoms with E-state index in [2.05, 4.69) is 0 Å². The molecule has 0 atom stereocenters. The Morgan fingerprint density at radius 1 is 1.12 bits per heavy atom. The molecular formula is C15H9F3N2O4S. The van der Waals surface area contributed by atoms with Crippen LogP contribution in [0.4, 0.5) is 18.9 Å². The zero-order valence-corrected chi connectivity index (χ0v) is 13.0. The van der Waals surface area contributed by atoms with Crippen molar-refractivity contribution in [1.82, 2.24) is 0 Å². The number of sulfonamides is 1. The van der Waals surface area contributed by atoms with Crippen molar-refractivity contribution in [3.05, 3.63) is 59.2 Å². The van der Waals surface area contributed by atoms with Gasteiger partial charge in [-0.05, 0) is 42.5 Å². The number of hydrogen-bond donors (Lipinski definition) is 2. The second kappa shape index (κ2) is 6.45. The minimum absolute atomic E-state index is 0.184. The Labute approximate surface area is 140 Å². The number of carboxylic acid groups (broad SMARTS) is 1. The first-order chi connectivity index (χ1) is 11.5. The van der Waals surface area contributed by atoms with Crippen LogP contribution in [0.25, 0.3) is 0 Å². The Morgan fingerprint density at radius 2 is 1.72 bits per heavy atom. The molecule has 0 aliphatic heterocycles. The van der Waals surface area contributed by atoms with Gasteiger partial charge in [0.1, 0.15) is 0 Å². The highest BCUT2D eigenvalue weighted by atomic mass is 32.2. The Hall–Kier alpha value is -3.06. The van der Waals surface area contributed by atoms with Crippen molar-refractivity contribution >= 4 is 21.7 Å². The van der Waals surface area contributed by atoms with E-state index >= 15 is 0 Å². The van der Waals surface area contributed by atoms with E-state index in [1.165, 1.54) is 12.1 Å². The minimum Gasteiger partial charge on any atom is -0.478 e. The topological polar surface area (TPSA) is 107 Å². The molecule has 0 saturated carbocycles. The summed E-state index contributed by atoms with van der Waals surface area (Å²) in [7, 11) is -4.35. The predicted octanol–water partition coefficient (Wildman–Crippen LogP) is 3.08. The summed E-state index contributed by atoms with van der Waals surface area (Å²) in [6.45, 7) is 0. The van der Waals surface area contributed by atoms with E-state index < -0.39 is 39.0 Å². The summed E-state index contributed by atoms with van der Waals surface area (Å²) in [4.78, 5) is 10.8. The van der Waals surface area contributed by atoms with Crippen LogP contribution in [0.2, 0.25) is 0 Å². The fourth-order valence-corrected chi connectivity index (χ4v) is 2.97. The molecule has 0 aliphatic rings. The van der Waals surface area contributed by atoms with Crippen molar-refractivity contribution in [3.8, 4) is 6.07 Å². The summed E-state index contributed by atoms with van der Waals surface area (Å²) in [6, 6.07) is 7.98. The SMILES string of the molecule is N#Cc1ccc(S(=O)(=O)Nc2cc(C(F)(F)F)ccc2C(=O)O)cc1. The quantitative estimate of drug-likeness (QED) is 0.860. The first-order valence-electron chi connectivity index (χ1n) is 6.52. The summed E-state index contributed by atoms with van der Waals surface area (Å²) >= 11 is 0. The average Bonchev–Trinajstić information content (AvgIpc) is 2.53. The van der Waals surface area contributed by atoms with Crippen LogP contribution in [-0.2, 0) is 16.2 Å². The Balaban J connectivity index is 2.49. The van der Waals surface area contributed by atoms with Gasteiger partial charge in [0.05, 0.1) is 33.3 Å². The molecule has 10 heteroatoms. The smallest absolute Gasteiger partial charge is 0.416 e. The van der Waals surface area contributed by atoms with Gasteiger partial charge in [-0.3, -0.25) is 4.72 Å². The van der Waals surface area contributed by atoms with E-state index in [4.69, 9.17) is 10.4 Å². The largest absolute Gasteiger partial charge is 0.478 e. The van der Waals surface area contributed by atoms with Gasteiger partial charge < -0.3 is 5.11 Å². The number of halogens is 3. The molecule has 0 aliphatic carbocycles. The number of rotatable bonds is 4. The van der Waals surface area contributed by atoms with Crippen molar-refractivity contribution in [1.29, 1.82) is 5.26 Å². The molecule has 6 nitrogen and oxygen atoms in total. The van der Waals surface area contributed by atoms with Crippen LogP contribution in [0.1, 0.15) is 21.5 Å². The van der Waals surface area contributed by atoms with Crippen molar-refractivity contribution in [2.75, 3.05) is 4.72 Å². The number of nitrogens with one attached hydrogen (secondary N) is 1. The van der Waals surface area contributed by atoms with Crippen molar-refractivity contribution in [2.45, 2.75) is 11.1 Å². The monoisotopic (exact) mass is 370 g/mol. The molecule has 0 spiro atoms. The lowest BCUT2D eigenvalue weighted by atomic mass is 10.1. The molecule has 0 radical (unpaired) electrons. The molecule has 0 unspecified atom stereocenters. The average molecular weight is 370 g/mol. The van der Waals surface area contributed by atoms with Crippen LogP contribution < -0.4 is 4.72 Å². The first kappa shape index (κ1) is 18.3. The van der Waals surface area contributed by atoms with Crippen LogP contribution >= 0.6 is 0 Å². The number of hydrogen-bond acceptors (Lipinski definition) is 4. The van der Waals surface area contributed by atoms with E-state index in [0.717, 1.165) is 12.1 Å². The number of carbonyl (C=O) groups is 1. The maximum absolute atomic E-state index is 12.8. The van der Waals surface area contributed by atoms with Gasteiger partial charge in [-0.25, -0.2) is 13.2 Å². The normalized spacial score (nSPS) is 11.6. The lowest BCUT2D eigenvalue weighted by Crippen LogP contribution is -2.17. The van der Waals surface area contributed by atoms with Crippen molar-refractivity contribution in [3.63, 3.8) is 0 Å². The number of alkyl halides is 3. The van der Waals surface area contributed by atoms with Crippen LogP contribution in [0.15, 0.2) is 47.4 Å². The van der Waals surface area contributed by atoms with Crippen LogP contribution in [-0.4, -0.2) is 19.5 Å². The molecule has 0 heterocycles. The maximum Gasteiger partial charge on any atom is 0.416 e. The maximum atomic E-state index is 12.8. The van der Waals surface area contributed by atoms with E-state index in [0.29, 0.717) is 18.2 Å². The molecule has 0 amide bonds. The highest BCUT2D eigenvalue weighted by Gasteiger charge is 2.32. The molecule has 2 rings (SSSR count). The summed E-state index contributed by atoms with van der Waals surface area (Å²) in [5, 5.41) is 17.7. The number of anilines is 1. The van der Waals surface area contributed by atoms with Gasteiger partial charge in [0, 0.05) is 0 Å².